The predicted molar refractivity (Wildman–Crippen MR) is 85.3 cm³/mol. The van der Waals surface area contributed by atoms with Crippen LogP contribution in [0.5, 0.6) is 0 Å². The lowest BCUT2D eigenvalue weighted by molar-refractivity contribution is -0.184. The highest BCUT2D eigenvalue weighted by Gasteiger charge is 2.41. The van der Waals surface area contributed by atoms with E-state index in [0.717, 1.165) is 13.4 Å². The van der Waals surface area contributed by atoms with Crippen molar-refractivity contribution in [2.75, 3.05) is 7.11 Å². The number of esters is 2. The van der Waals surface area contributed by atoms with Crippen molar-refractivity contribution in [2.24, 2.45) is 17.6 Å². The van der Waals surface area contributed by atoms with E-state index in [1.54, 1.807) is 0 Å². The van der Waals surface area contributed by atoms with Gasteiger partial charge in [0.15, 0.2) is 0 Å². The molecule has 0 saturated heterocycles. The first-order valence-corrected chi connectivity index (χ1v) is 7.67. The van der Waals surface area contributed by atoms with Gasteiger partial charge in [-0.1, -0.05) is 6.08 Å². The van der Waals surface area contributed by atoms with E-state index in [-0.39, 0.29) is 18.4 Å². The fourth-order valence-electron chi connectivity index (χ4n) is 2.45. The van der Waals surface area contributed by atoms with E-state index in [9.17, 15) is 19.2 Å². The topological polar surface area (TPSA) is 162 Å². The van der Waals surface area contributed by atoms with Gasteiger partial charge in [-0.25, -0.2) is 4.79 Å². The van der Waals surface area contributed by atoms with Gasteiger partial charge in [-0.2, -0.15) is 0 Å². The summed E-state index contributed by atoms with van der Waals surface area (Å²) < 4.78 is 15.0. The van der Waals surface area contributed by atoms with E-state index in [1.165, 1.54) is 6.08 Å². The van der Waals surface area contributed by atoms with E-state index < -0.39 is 54.5 Å². The van der Waals surface area contributed by atoms with Crippen molar-refractivity contribution in [1.82, 2.24) is 0 Å². The fraction of sp³-hybridized carbons (Fsp3) is 0.500. The quantitative estimate of drug-likeness (QED) is 0.372. The zero-order valence-electron chi connectivity index (χ0n) is 14.1. The number of aliphatic carboxylic acids is 2. The standard InChI is InChI=1S/C16H21NO9/c1-3-8-9(6-13(20)21)10(14(22)24-2)7-25-16(8)26-15(23)11(17)4-5-12(18)19/h3,7-9,11,16H,1,4-6,17H2,2H3,(H,18,19)(H,20,21)/t8?,9?,11-,16?/m0/s1. The van der Waals surface area contributed by atoms with Crippen molar-refractivity contribution in [3.8, 4) is 0 Å². The molecule has 0 amide bonds. The normalized spacial score (nSPS) is 23.0. The molecule has 1 aliphatic heterocycles. The lowest BCUT2D eigenvalue weighted by Crippen LogP contribution is -2.42. The molecule has 0 aromatic carbocycles. The largest absolute Gasteiger partial charge is 0.481 e. The minimum absolute atomic E-state index is 0.0257. The third kappa shape index (κ3) is 5.59. The molecule has 0 aromatic heterocycles. The van der Waals surface area contributed by atoms with Gasteiger partial charge in [-0.15, -0.1) is 6.58 Å². The van der Waals surface area contributed by atoms with Gasteiger partial charge in [-0.3, -0.25) is 14.4 Å². The molecule has 0 fully saturated rings. The van der Waals surface area contributed by atoms with Crippen LogP contribution >= 0.6 is 0 Å². The monoisotopic (exact) mass is 371 g/mol. The van der Waals surface area contributed by atoms with Gasteiger partial charge < -0.3 is 30.2 Å². The second-order valence-corrected chi connectivity index (χ2v) is 5.56. The smallest absolute Gasteiger partial charge is 0.337 e. The highest BCUT2D eigenvalue weighted by molar-refractivity contribution is 5.90. The Hall–Kier alpha value is -2.88. The number of hydrogen-bond acceptors (Lipinski definition) is 8. The third-order valence-corrected chi connectivity index (χ3v) is 3.80. The third-order valence-electron chi connectivity index (χ3n) is 3.80. The van der Waals surface area contributed by atoms with Crippen LogP contribution in [0.25, 0.3) is 0 Å². The predicted octanol–water partition coefficient (Wildman–Crippen LogP) is 0.0280. The molecule has 0 aliphatic carbocycles. The molecule has 1 rings (SSSR count). The van der Waals surface area contributed by atoms with Gasteiger partial charge in [0.05, 0.1) is 31.3 Å². The molecular weight excluding hydrogens is 350 g/mol. The summed E-state index contributed by atoms with van der Waals surface area (Å²) in [6.07, 6.45) is 0.140. The highest BCUT2D eigenvalue weighted by Crippen LogP contribution is 2.35. The minimum Gasteiger partial charge on any atom is -0.481 e. The van der Waals surface area contributed by atoms with Gasteiger partial charge in [0.2, 0.25) is 6.29 Å². The Morgan fingerprint density at radius 2 is 2.00 bits per heavy atom. The van der Waals surface area contributed by atoms with E-state index in [0.29, 0.717) is 0 Å². The van der Waals surface area contributed by atoms with E-state index in [2.05, 4.69) is 11.3 Å². The Kier molecular flexibility index (Phi) is 7.78. The zero-order valence-corrected chi connectivity index (χ0v) is 14.1. The Morgan fingerprint density at radius 1 is 1.35 bits per heavy atom. The molecule has 4 N–H and O–H groups in total. The second-order valence-electron chi connectivity index (χ2n) is 5.56. The molecule has 0 bridgehead atoms. The van der Waals surface area contributed by atoms with Crippen LogP contribution in [0.3, 0.4) is 0 Å². The average molecular weight is 371 g/mol. The maximum atomic E-state index is 12.0. The van der Waals surface area contributed by atoms with Gasteiger partial charge in [-0.05, 0) is 6.42 Å². The number of hydrogen-bond donors (Lipinski definition) is 3. The number of carbonyl (C=O) groups is 4. The first-order chi connectivity index (χ1) is 12.2. The summed E-state index contributed by atoms with van der Waals surface area (Å²) >= 11 is 0. The Labute approximate surface area is 149 Å². The molecule has 0 aromatic rings. The van der Waals surface area contributed by atoms with Crippen molar-refractivity contribution < 1.29 is 43.6 Å². The summed E-state index contributed by atoms with van der Waals surface area (Å²) in [7, 11) is 1.14. The van der Waals surface area contributed by atoms with Crippen LogP contribution in [0.1, 0.15) is 19.3 Å². The summed E-state index contributed by atoms with van der Waals surface area (Å²) in [5, 5.41) is 17.7. The summed E-state index contributed by atoms with van der Waals surface area (Å²) in [4.78, 5) is 45.5. The number of ether oxygens (including phenoxy) is 3. The van der Waals surface area contributed by atoms with Crippen LogP contribution in [0.15, 0.2) is 24.5 Å². The minimum atomic E-state index is -1.26. The second kappa shape index (κ2) is 9.56. The number of rotatable bonds is 9. The maximum Gasteiger partial charge on any atom is 0.337 e. The number of carboxylic acid groups (broad SMARTS) is 2. The average Bonchev–Trinajstić information content (AvgIpc) is 2.58. The van der Waals surface area contributed by atoms with E-state index in [1.807, 2.05) is 0 Å². The molecular formula is C16H21NO9. The molecule has 4 atom stereocenters. The number of methoxy groups -OCH3 is 1. The van der Waals surface area contributed by atoms with Gasteiger partial charge in [0.25, 0.3) is 0 Å². The van der Waals surface area contributed by atoms with Crippen molar-refractivity contribution in [2.45, 2.75) is 31.6 Å². The van der Waals surface area contributed by atoms with Crippen molar-refractivity contribution in [3.05, 3.63) is 24.5 Å². The Balaban J connectivity index is 2.95. The van der Waals surface area contributed by atoms with Crippen molar-refractivity contribution >= 4 is 23.9 Å². The summed E-state index contributed by atoms with van der Waals surface area (Å²) in [5.74, 6) is -5.71. The molecule has 3 unspecified atom stereocenters. The summed E-state index contributed by atoms with van der Waals surface area (Å²) in [5.41, 5.74) is 5.55. The molecule has 0 spiro atoms. The van der Waals surface area contributed by atoms with Gasteiger partial charge in [0.1, 0.15) is 6.04 Å². The zero-order chi connectivity index (χ0) is 19.9. The molecule has 144 valence electrons. The Bertz CT molecular complexity index is 613. The molecule has 10 heteroatoms. The van der Waals surface area contributed by atoms with Crippen LogP contribution in [-0.4, -0.2) is 53.5 Å². The molecule has 10 nitrogen and oxygen atoms in total. The number of carboxylic acids is 2. The van der Waals surface area contributed by atoms with Crippen molar-refractivity contribution in [1.29, 1.82) is 0 Å². The highest BCUT2D eigenvalue weighted by atomic mass is 16.7. The van der Waals surface area contributed by atoms with E-state index >= 15 is 0 Å². The fourth-order valence-corrected chi connectivity index (χ4v) is 2.45. The SMILES string of the molecule is C=CC1C(OC(=O)[C@@H](N)CCC(=O)O)OC=C(C(=O)OC)C1CC(=O)O. The van der Waals surface area contributed by atoms with Crippen molar-refractivity contribution in [3.63, 3.8) is 0 Å². The molecule has 26 heavy (non-hydrogen) atoms. The van der Waals surface area contributed by atoms with Crippen LogP contribution in [0.4, 0.5) is 0 Å². The number of carbonyl (C=O) groups excluding carboxylic acids is 2. The Morgan fingerprint density at radius 3 is 2.50 bits per heavy atom. The van der Waals surface area contributed by atoms with Crippen LogP contribution < -0.4 is 5.73 Å². The summed E-state index contributed by atoms with van der Waals surface area (Å²) in [6.45, 7) is 3.57. The maximum absolute atomic E-state index is 12.0. The van der Waals surface area contributed by atoms with Crippen LogP contribution in [0, 0.1) is 11.8 Å². The van der Waals surface area contributed by atoms with Crippen LogP contribution in [-0.2, 0) is 33.4 Å². The molecule has 1 heterocycles. The lowest BCUT2D eigenvalue weighted by atomic mass is 9.81. The number of nitrogens with two attached hydrogens (primary N) is 1. The molecule has 1 aliphatic rings. The van der Waals surface area contributed by atoms with Gasteiger partial charge >= 0.3 is 23.9 Å². The van der Waals surface area contributed by atoms with Gasteiger partial charge in [0, 0.05) is 12.3 Å². The molecule has 0 radical (unpaired) electrons. The molecule has 0 saturated carbocycles. The van der Waals surface area contributed by atoms with Crippen LogP contribution in [0.2, 0.25) is 0 Å². The van der Waals surface area contributed by atoms with E-state index in [4.69, 9.17) is 25.4 Å². The first kappa shape index (κ1) is 21.2. The first-order valence-electron chi connectivity index (χ1n) is 7.67. The summed E-state index contributed by atoms with van der Waals surface area (Å²) in [6, 6.07) is -1.19. The lowest BCUT2D eigenvalue weighted by Gasteiger charge is -2.34.